The molecular weight excluding hydrogens is 403 g/mol. The van der Waals surface area contributed by atoms with E-state index in [2.05, 4.69) is 29.4 Å². The van der Waals surface area contributed by atoms with E-state index < -0.39 is 0 Å². The first-order valence-corrected chi connectivity index (χ1v) is 11.4. The molecule has 0 radical (unpaired) electrons. The Morgan fingerprint density at radius 2 is 2.13 bits per heavy atom. The average molecular weight is 435 g/mol. The molecule has 0 bridgehead atoms. The Morgan fingerprint density at radius 1 is 1.37 bits per heavy atom. The molecule has 0 spiro atoms. The molecule has 1 unspecified atom stereocenters. The quantitative estimate of drug-likeness (QED) is 0.631. The summed E-state index contributed by atoms with van der Waals surface area (Å²) in [7, 11) is 0. The van der Waals surface area contributed by atoms with Crippen molar-refractivity contribution in [3.05, 3.63) is 41.5 Å². The number of hydrogen-bond donors (Lipinski definition) is 1. The number of nitrogens with one attached hydrogen (secondary N) is 1. The molecule has 8 heteroatoms. The topological polar surface area (TPSA) is 69.0 Å². The highest BCUT2D eigenvalue weighted by atomic mass is 32.2. The van der Waals surface area contributed by atoms with Gasteiger partial charge in [0, 0.05) is 24.8 Å². The summed E-state index contributed by atoms with van der Waals surface area (Å²) in [5.74, 6) is 1.36. The Kier molecular flexibility index (Phi) is 7.52. The first-order chi connectivity index (χ1) is 14.2. The molecule has 1 aliphatic heterocycles. The average Bonchev–Trinajstić information content (AvgIpc) is 3.05. The second kappa shape index (κ2) is 9.92. The van der Waals surface area contributed by atoms with Crippen LogP contribution in [0.3, 0.4) is 0 Å². The molecule has 3 rings (SSSR count). The molecule has 1 aromatic heterocycles. The van der Waals surface area contributed by atoms with Crippen molar-refractivity contribution in [1.29, 1.82) is 0 Å². The summed E-state index contributed by atoms with van der Waals surface area (Å²) in [6.45, 7) is 9.95. The van der Waals surface area contributed by atoms with E-state index in [1.54, 1.807) is 12.1 Å². The summed E-state index contributed by atoms with van der Waals surface area (Å²) in [5, 5.41) is 12.4. The molecule has 6 nitrogen and oxygen atoms in total. The van der Waals surface area contributed by atoms with Gasteiger partial charge in [-0.05, 0) is 44.2 Å². The van der Waals surface area contributed by atoms with Gasteiger partial charge in [-0.2, -0.15) is 0 Å². The van der Waals surface area contributed by atoms with Crippen LogP contribution in [0.4, 0.5) is 4.39 Å². The predicted octanol–water partition coefficient (Wildman–Crippen LogP) is 4.19. The van der Waals surface area contributed by atoms with Gasteiger partial charge in [0.1, 0.15) is 5.82 Å². The lowest BCUT2D eigenvalue weighted by molar-refractivity contribution is -0.135. The zero-order chi connectivity index (χ0) is 21.7. The SMILES string of the molecule is CC(C)Cn1c(CNC(=O)C2CCOC(C)(C)C2)nnc1SCc1ccccc1F. The molecule has 1 atom stereocenters. The van der Waals surface area contributed by atoms with Gasteiger partial charge in [0.25, 0.3) is 0 Å². The lowest BCUT2D eigenvalue weighted by Crippen LogP contribution is -2.41. The summed E-state index contributed by atoms with van der Waals surface area (Å²) in [6, 6.07) is 6.76. The van der Waals surface area contributed by atoms with Crippen molar-refractivity contribution in [1.82, 2.24) is 20.1 Å². The zero-order valence-electron chi connectivity index (χ0n) is 18.2. The maximum absolute atomic E-state index is 13.9. The molecule has 1 saturated heterocycles. The van der Waals surface area contributed by atoms with Gasteiger partial charge in [-0.1, -0.05) is 43.8 Å². The lowest BCUT2D eigenvalue weighted by atomic mass is 9.88. The van der Waals surface area contributed by atoms with E-state index in [4.69, 9.17) is 4.74 Å². The molecule has 164 valence electrons. The van der Waals surface area contributed by atoms with Crippen molar-refractivity contribution in [2.24, 2.45) is 11.8 Å². The summed E-state index contributed by atoms with van der Waals surface area (Å²) in [4.78, 5) is 12.7. The van der Waals surface area contributed by atoms with Gasteiger partial charge in [0.05, 0.1) is 12.1 Å². The minimum atomic E-state index is -0.269. The number of halogens is 1. The van der Waals surface area contributed by atoms with E-state index >= 15 is 0 Å². The van der Waals surface area contributed by atoms with Gasteiger partial charge >= 0.3 is 0 Å². The van der Waals surface area contributed by atoms with Crippen LogP contribution < -0.4 is 5.32 Å². The van der Waals surface area contributed by atoms with Crippen molar-refractivity contribution < 1.29 is 13.9 Å². The minimum Gasteiger partial charge on any atom is -0.376 e. The molecule has 0 saturated carbocycles. The Balaban J connectivity index is 1.65. The van der Waals surface area contributed by atoms with E-state index in [9.17, 15) is 9.18 Å². The van der Waals surface area contributed by atoms with Crippen molar-refractivity contribution >= 4 is 17.7 Å². The third kappa shape index (κ3) is 6.04. The Hall–Kier alpha value is -1.93. The first kappa shape index (κ1) is 22.7. The molecule has 1 N–H and O–H groups in total. The number of ether oxygens (including phenoxy) is 1. The van der Waals surface area contributed by atoms with Gasteiger partial charge in [0.2, 0.25) is 5.91 Å². The van der Waals surface area contributed by atoms with Gasteiger partial charge in [-0.3, -0.25) is 4.79 Å². The normalized spacial score (nSPS) is 18.5. The smallest absolute Gasteiger partial charge is 0.223 e. The standard InChI is InChI=1S/C22H31FN4O2S/c1-15(2)13-27-19(12-24-20(28)16-9-10-29-22(3,4)11-16)25-26-21(27)30-14-17-7-5-6-8-18(17)23/h5-8,15-16H,9-14H2,1-4H3,(H,24,28). The number of hydrogen-bond acceptors (Lipinski definition) is 5. The molecule has 2 heterocycles. The van der Waals surface area contributed by atoms with E-state index in [1.165, 1.54) is 17.8 Å². The number of nitrogens with zero attached hydrogens (tertiary/aromatic N) is 3. The van der Waals surface area contributed by atoms with Crippen molar-refractivity contribution in [2.75, 3.05) is 6.61 Å². The molecule has 1 aromatic carbocycles. The number of rotatable bonds is 8. The monoisotopic (exact) mass is 434 g/mol. The van der Waals surface area contributed by atoms with Crippen LogP contribution in [-0.4, -0.2) is 32.9 Å². The maximum atomic E-state index is 13.9. The molecule has 1 aliphatic rings. The largest absolute Gasteiger partial charge is 0.376 e. The maximum Gasteiger partial charge on any atom is 0.223 e. The highest BCUT2D eigenvalue weighted by Gasteiger charge is 2.32. The molecule has 30 heavy (non-hydrogen) atoms. The van der Waals surface area contributed by atoms with E-state index in [0.29, 0.717) is 36.8 Å². The van der Waals surface area contributed by atoms with Gasteiger partial charge in [0.15, 0.2) is 11.0 Å². The molecule has 2 aromatic rings. The van der Waals surface area contributed by atoms with Gasteiger partial charge in [-0.15, -0.1) is 10.2 Å². The second-order valence-electron chi connectivity index (χ2n) is 8.80. The van der Waals surface area contributed by atoms with Crippen LogP contribution in [0.15, 0.2) is 29.4 Å². The van der Waals surface area contributed by atoms with Gasteiger partial charge < -0.3 is 14.6 Å². The van der Waals surface area contributed by atoms with Crippen molar-refractivity contribution in [3.8, 4) is 0 Å². The minimum absolute atomic E-state index is 0.0334. The number of benzene rings is 1. The summed E-state index contributed by atoms with van der Waals surface area (Å²) in [5.41, 5.74) is 0.368. The number of carbonyl (C=O) groups is 1. The number of carbonyl (C=O) groups excluding carboxylic acids is 1. The Bertz CT molecular complexity index is 869. The van der Waals surface area contributed by atoms with E-state index in [1.807, 2.05) is 24.5 Å². The van der Waals surface area contributed by atoms with Crippen molar-refractivity contribution in [3.63, 3.8) is 0 Å². The van der Waals surface area contributed by atoms with Crippen LogP contribution in [0.1, 0.15) is 51.9 Å². The van der Waals surface area contributed by atoms with Crippen LogP contribution in [0.5, 0.6) is 0 Å². The van der Waals surface area contributed by atoms with E-state index in [0.717, 1.165) is 23.9 Å². The summed E-state index contributed by atoms with van der Waals surface area (Å²) < 4.78 is 21.7. The third-order valence-electron chi connectivity index (χ3n) is 5.14. The van der Waals surface area contributed by atoms with Gasteiger partial charge in [-0.25, -0.2) is 4.39 Å². The van der Waals surface area contributed by atoms with Crippen LogP contribution in [0.25, 0.3) is 0 Å². The second-order valence-corrected chi connectivity index (χ2v) is 9.74. The van der Waals surface area contributed by atoms with Crippen LogP contribution >= 0.6 is 11.8 Å². The highest BCUT2D eigenvalue weighted by molar-refractivity contribution is 7.98. The molecule has 1 fully saturated rings. The Morgan fingerprint density at radius 3 is 2.83 bits per heavy atom. The lowest BCUT2D eigenvalue weighted by Gasteiger charge is -2.34. The van der Waals surface area contributed by atoms with E-state index in [-0.39, 0.29) is 23.2 Å². The third-order valence-corrected chi connectivity index (χ3v) is 6.16. The van der Waals surface area contributed by atoms with Crippen molar-refractivity contribution in [2.45, 2.75) is 70.1 Å². The van der Waals surface area contributed by atoms with Crippen LogP contribution in [0.2, 0.25) is 0 Å². The van der Waals surface area contributed by atoms with Crippen LogP contribution in [-0.2, 0) is 28.4 Å². The molecular formula is C22H31FN4O2S. The summed E-state index contributed by atoms with van der Waals surface area (Å²) >= 11 is 1.46. The molecule has 1 amide bonds. The fourth-order valence-corrected chi connectivity index (χ4v) is 4.58. The van der Waals surface area contributed by atoms with Crippen LogP contribution in [0, 0.1) is 17.7 Å². The fourth-order valence-electron chi connectivity index (χ4n) is 3.63. The highest BCUT2D eigenvalue weighted by Crippen LogP contribution is 2.29. The first-order valence-electron chi connectivity index (χ1n) is 10.4. The zero-order valence-corrected chi connectivity index (χ0v) is 19.0. The number of aromatic nitrogens is 3. The molecule has 0 aliphatic carbocycles. The summed E-state index contributed by atoms with van der Waals surface area (Å²) in [6.07, 6.45) is 1.44. The Labute approximate surface area is 182 Å². The predicted molar refractivity (Wildman–Crippen MR) is 115 cm³/mol. The number of amides is 1. The fraction of sp³-hybridized carbons (Fsp3) is 0.591. The number of thioether (sulfide) groups is 1.